The average molecular weight is 464 g/mol. The van der Waals surface area contributed by atoms with Crippen LogP contribution in [0.25, 0.3) is 0 Å². The first-order chi connectivity index (χ1) is 16.8. The summed E-state index contributed by atoms with van der Waals surface area (Å²) >= 11 is 0. The summed E-state index contributed by atoms with van der Waals surface area (Å²) in [4.78, 5) is 20.6. The zero-order valence-corrected chi connectivity index (χ0v) is 20.2. The van der Waals surface area contributed by atoms with Crippen LogP contribution >= 0.6 is 0 Å². The molecule has 1 unspecified atom stereocenters. The normalized spacial score (nSPS) is 20.0. The molecule has 6 heteroatoms. The molecule has 2 fully saturated rings. The molecule has 2 saturated heterocycles. The summed E-state index contributed by atoms with van der Waals surface area (Å²) in [5, 5.41) is 0. The highest BCUT2D eigenvalue weighted by Crippen LogP contribution is 2.39. The van der Waals surface area contributed by atoms with Gasteiger partial charge in [-0.2, -0.15) is 0 Å². The number of carbonyl (C=O) groups is 1. The third-order valence-electron chi connectivity index (χ3n) is 7.41. The summed E-state index contributed by atoms with van der Waals surface area (Å²) in [6, 6.07) is 16.6. The number of nitrogens with zero attached hydrogens (tertiary/aromatic N) is 3. The van der Waals surface area contributed by atoms with Gasteiger partial charge in [-0.25, -0.2) is 0 Å². The fraction of sp³-hybridized carbons (Fsp3) is 0.536. The number of amides is 1. The van der Waals surface area contributed by atoms with Gasteiger partial charge in [0.05, 0.1) is 11.6 Å². The van der Waals surface area contributed by atoms with Crippen molar-refractivity contribution in [3.8, 4) is 11.5 Å². The number of para-hydroxylation sites is 1. The van der Waals surface area contributed by atoms with E-state index in [1.54, 1.807) is 0 Å². The molecule has 6 nitrogen and oxygen atoms in total. The number of ether oxygens (including phenoxy) is 2. The Bertz CT molecular complexity index is 935. The van der Waals surface area contributed by atoms with Crippen LogP contribution in [-0.4, -0.2) is 74.7 Å². The van der Waals surface area contributed by atoms with Gasteiger partial charge in [-0.1, -0.05) is 49.2 Å². The summed E-state index contributed by atoms with van der Waals surface area (Å²) in [6.45, 7) is 7.88. The van der Waals surface area contributed by atoms with Crippen molar-refractivity contribution in [1.29, 1.82) is 0 Å². The summed E-state index contributed by atoms with van der Waals surface area (Å²) < 4.78 is 11.7. The molecule has 0 saturated carbocycles. The third-order valence-corrected chi connectivity index (χ3v) is 7.41. The lowest BCUT2D eigenvalue weighted by Gasteiger charge is -2.38. The van der Waals surface area contributed by atoms with Crippen molar-refractivity contribution in [2.24, 2.45) is 0 Å². The van der Waals surface area contributed by atoms with E-state index < -0.39 is 0 Å². The quantitative estimate of drug-likeness (QED) is 0.644. The number of likely N-dealkylation sites (tertiary alicyclic amines) is 1. The Morgan fingerprint density at radius 1 is 0.794 bits per heavy atom. The first-order valence-corrected chi connectivity index (χ1v) is 13.0. The van der Waals surface area contributed by atoms with E-state index in [9.17, 15) is 4.79 Å². The van der Waals surface area contributed by atoms with Crippen LogP contribution in [-0.2, 0) is 4.79 Å². The molecule has 2 aromatic rings. The number of carbonyl (C=O) groups excluding carboxylic acids is 1. The van der Waals surface area contributed by atoms with Crippen LogP contribution in [0.15, 0.2) is 48.5 Å². The maximum absolute atomic E-state index is 13.6. The van der Waals surface area contributed by atoms with Crippen LogP contribution < -0.4 is 14.4 Å². The van der Waals surface area contributed by atoms with Crippen LogP contribution in [0.5, 0.6) is 11.5 Å². The SMILES string of the molecule is O=C(C(CCN1CCN(c2cccc3c2OCCO3)CC1)c1ccccc1)N1CCCCCC1. The van der Waals surface area contributed by atoms with E-state index in [0.29, 0.717) is 19.1 Å². The predicted molar refractivity (Wildman–Crippen MR) is 135 cm³/mol. The van der Waals surface area contributed by atoms with E-state index in [0.717, 1.165) is 87.8 Å². The lowest BCUT2D eigenvalue weighted by molar-refractivity contribution is -0.133. The summed E-state index contributed by atoms with van der Waals surface area (Å²) in [7, 11) is 0. The maximum Gasteiger partial charge on any atom is 0.230 e. The number of rotatable bonds is 6. The molecule has 0 bridgehead atoms. The van der Waals surface area contributed by atoms with Crippen LogP contribution in [0.4, 0.5) is 5.69 Å². The minimum Gasteiger partial charge on any atom is -0.486 e. The first kappa shape index (κ1) is 23.0. The Labute approximate surface area is 203 Å². The summed E-state index contributed by atoms with van der Waals surface area (Å²) in [5.74, 6) is 2.00. The lowest BCUT2D eigenvalue weighted by Crippen LogP contribution is -2.47. The van der Waals surface area contributed by atoms with Crippen molar-refractivity contribution >= 4 is 11.6 Å². The number of hydrogen-bond acceptors (Lipinski definition) is 5. The number of hydrogen-bond donors (Lipinski definition) is 0. The predicted octanol–water partition coefficient (Wildman–Crippen LogP) is 4.16. The number of benzene rings is 2. The molecule has 3 heterocycles. The second-order valence-corrected chi connectivity index (χ2v) is 9.62. The average Bonchev–Trinajstić information content (AvgIpc) is 3.19. The standard InChI is InChI=1S/C28H37N3O3/c32-28(31-14-6-1-2-7-15-31)24(23-9-4-3-5-10-23)13-16-29-17-19-30(20-18-29)25-11-8-12-26-27(25)34-22-21-33-26/h3-5,8-12,24H,1-2,6-7,13-22H2. The Kier molecular flexibility index (Phi) is 7.54. The van der Waals surface area contributed by atoms with Crippen molar-refractivity contribution in [2.45, 2.75) is 38.0 Å². The topological polar surface area (TPSA) is 45.3 Å². The fourth-order valence-electron chi connectivity index (χ4n) is 5.46. The van der Waals surface area contributed by atoms with E-state index in [4.69, 9.17) is 9.47 Å². The van der Waals surface area contributed by atoms with Crippen molar-refractivity contribution in [3.63, 3.8) is 0 Å². The van der Waals surface area contributed by atoms with Crippen molar-refractivity contribution in [1.82, 2.24) is 9.80 Å². The van der Waals surface area contributed by atoms with E-state index in [1.165, 1.54) is 12.8 Å². The molecule has 5 rings (SSSR count). The largest absolute Gasteiger partial charge is 0.486 e. The Hall–Kier alpha value is -2.73. The zero-order chi connectivity index (χ0) is 23.2. The van der Waals surface area contributed by atoms with Crippen LogP contribution in [0.2, 0.25) is 0 Å². The molecule has 0 spiro atoms. The maximum atomic E-state index is 13.6. The van der Waals surface area contributed by atoms with Gasteiger partial charge in [0.2, 0.25) is 5.91 Å². The molecule has 182 valence electrons. The molecular weight excluding hydrogens is 426 g/mol. The monoisotopic (exact) mass is 463 g/mol. The summed E-state index contributed by atoms with van der Waals surface area (Å²) in [5.41, 5.74) is 2.29. The number of anilines is 1. The Morgan fingerprint density at radius 2 is 1.53 bits per heavy atom. The van der Waals surface area contributed by atoms with Gasteiger partial charge in [-0.05, 0) is 43.5 Å². The summed E-state index contributed by atoms with van der Waals surface area (Å²) in [6.07, 6.45) is 5.62. The molecule has 0 aliphatic carbocycles. The minimum atomic E-state index is -0.0518. The molecule has 34 heavy (non-hydrogen) atoms. The van der Waals surface area contributed by atoms with Gasteiger partial charge in [0.1, 0.15) is 13.2 Å². The molecule has 0 aromatic heterocycles. The van der Waals surface area contributed by atoms with Crippen LogP contribution in [0.3, 0.4) is 0 Å². The number of piperazine rings is 1. The van der Waals surface area contributed by atoms with Crippen molar-refractivity contribution in [2.75, 3.05) is 63.9 Å². The lowest BCUT2D eigenvalue weighted by atomic mass is 9.93. The molecule has 0 radical (unpaired) electrons. The van der Waals surface area contributed by atoms with Crippen molar-refractivity contribution < 1.29 is 14.3 Å². The van der Waals surface area contributed by atoms with Gasteiger partial charge < -0.3 is 19.3 Å². The van der Waals surface area contributed by atoms with Gasteiger partial charge in [0, 0.05) is 39.3 Å². The highest BCUT2D eigenvalue weighted by atomic mass is 16.6. The van der Waals surface area contributed by atoms with Gasteiger partial charge in [-0.15, -0.1) is 0 Å². The van der Waals surface area contributed by atoms with E-state index in [1.807, 2.05) is 18.2 Å². The van der Waals surface area contributed by atoms with Crippen molar-refractivity contribution in [3.05, 3.63) is 54.1 Å². The molecule has 2 aromatic carbocycles. The number of fused-ring (bicyclic) bond motifs is 1. The Balaban J connectivity index is 1.20. The first-order valence-electron chi connectivity index (χ1n) is 13.0. The van der Waals surface area contributed by atoms with E-state index >= 15 is 0 Å². The van der Waals surface area contributed by atoms with E-state index in [2.05, 4.69) is 45.0 Å². The molecular formula is C28H37N3O3. The van der Waals surface area contributed by atoms with E-state index in [-0.39, 0.29) is 5.92 Å². The minimum absolute atomic E-state index is 0.0518. The van der Waals surface area contributed by atoms with Gasteiger partial charge in [0.15, 0.2) is 11.5 Å². The van der Waals surface area contributed by atoms with Gasteiger partial charge >= 0.3 is 0 Å². The highest BCUT2D eigenvalue weighted by Gasteiger charge is 2.28. The molecule has 3 aliphatic rings. The highest BCUT2D eigenvalue weighted by molar-refractivity contribution is 5.83. The Morgan fingerprint density at radius 3 is 2.29 bits per heavy atom. The second-order valence-electron chi connectivity index (χ2n) is 9.62. The molecule has 3 aliphatic heterocycles. The smallest absolute Gasteiger partial charge is 0.230 e. The molecule has 1 atom stereocenters. The van der Waals surface area contributed by atoms with Crippen LogP contribution in [0, 0.1) is 0 Å². The van der Waals surface area contributed by atoms with Gasteiger partial charge in [-0.3, -0.25) is 9.69 Å². The van der Waals surface area contributed by atoms with Crippen LogP contribution in [0.1, 0.15) is 43.6 Å². The molecule has 1 amide bonds. The zero-order valence-electron chi connectivity index (χ0n) is 20.2. The third kappa shape index (κ3) is 5.33. The van der Waals surface area contributed by atoms with Gasteiger partial charge in [0.25, 0.3) is 0 Å². The fourth-order valence-corrected chi connectivity index (χ4v) is 5.46. The second kappa shape index (κ2) is 11.1. The molecule has 0 N–H and O–H groups in total.